The summed E-state index contributed by atoms with van der Waals surface area (Å²) in [5.74, 6) is 2.68. The Kier molecular flexibility index (Phi) is 8.16. The first-order valence-electron chi connectivity index (χ1n) is 10.7. The molecule has 7 nitrogen and oxygen atoms in total. The number of hydrogen-bond acceptors (Lipinski definition) is 6. The molecule has 32 heavy (non-hydrogen) atoms. The fourth-order valence-corrected chi connectivity index (χ4v) is 3.88. The van der Waals surface area contributed by atoms with Crippen molar-refractivity contribution >= 4 is 23.4 Å². The second-order valence-corrected chi connectivity index (χ2v) is 8.59. The molecule has 1 N–H and O–H groups in total. The first-order valence-corrected chi connectivity index (χ1v) is 11.7. The zero-order valence-electron chi connectivity index (χ0n) is 19.2. The monoisotopic (exact) mass is 454 g/mol. The number of thioether (sulfide) groups is 1. The van der Waals surface area contributed by atoms with E-state index in [1.807, 2.05) is 61.9 Å². The van der Waals surface area contributed by atoms with E-state index in [4.69, 9.17) is 9.47 Å². The summed E-state index contributed by atoms with van der Waals surface area (Å²) in [5, 5.41) is 12.1. The first-order chi connectivity index (χ1) is 15.4. The number of amides is 1. The molecular weight excluding hydrogens is 424 g/mol. The second kappa shape index (κ2) is 11.0. The molecule has 0 aliphatic heterocycles. The highest BCUT2D eigenvalue weighted by Crippen LogP contribution is 2.26. The number of hydrogen-bond donors (Lipinski definition) is 1. The molecule has 0 saturated heterocycles. The Morgan fingerprint density at radius 1 is 1.09 bits per heavy atom. The lowest BCUT2D eigenvalue weighted by molar-refractivity contribution is -0.113. The molecule has 0 bridgehead atoms. The maximum atomic E-state index is 12.4. The van der Waals surface area contributed by atoms with Crippen molar-refractivity contribution in [1.29, 1.82) is 0 Å². The zero-order chi connectivity index (χ0) is 23.1. The van der Waals surface area contributed by atoms with Crippen molar-refractivity contribution in [2.45, 2.75) is 44.9 Å². The van der Waals surface area contributed by atoms with E-state index in [0.29, 0.717) is 34.9 Å². The van der Waals surface area contributed by atoms with Gasteiger partial charge in [0.25, 0.3) is 0 Å². The van der Waals surface area contributed by atoms with Gasteiger partial charge in [-0.2, -0.15) is 0 Å². The molecule has 0 fully saturated rings. The van der Waals surface area contributed by atoms with Crippen molar-refractivity contribution in [3.63, 3.8) is 0 Å². The van der Waals surface area contributed by atoms with Gasteiger partial charge in [-0.1, -0.05) is 49.9 Å². The highest BCUT2D eigenvalue weighted by Gasteiger charge is 2.18. The topological polar surface area (TPSA) is 78.3 Å². The minimum absolute atomic E-state index is 0.138. The number of ether oxygens (including phenoxy) is 2. The molecule has 1 atom stereocenters. The molecule has 0 aliphatic rings. The van der Waals surface area contributed by atoms with E-state index in [9.17, 15) is 4.79 Å². The summed E-state index contributed by atoms with van der Waals surface area (Å²) in [5.41, 5.74) is 1.92. The summed E-state index contributed by atoms with van der Waals surface area (Å²) in [6, 6.07) is 15.5. The van der Waals surface area contributed by atoms with Crippen LogP contribution in [0.5, 0.6) is 11.5 Å². The van der Waals surface area contributed by atoms with Crippen LogP contribution < -0.4 is 14.8 Å². The lowest BCUT2D eigenvalue weighted by Crippen LogP contribution is -2.15. The van der Waals surface area contributed by atoms with Gasteiger partial charge in [-0.05, 0) is 49.6 Å². The molecule has 0 aliphatic carbocycles. The molecule has 2 aromatic carbocycles. The number of carbonyl (C=O) groups excluding carboxylic acids is 1. The average Bonchev–Trinajstić information content (AvgIpc) is 3.14. The Morgan fingerprint density at radius 2 is 1.81 bits per heavy atom. The Morgan fingerprint density at radius 3 is 2.50 bits per heavy atom. The van der Waals surface area contributed by atoms with E-state index < -0.39 is 0 Å². The van der Waals surface area contributed by atoms with Crippen LogP contribution in [0.1, 0.15) is 51.1 Å². The Bertz CT molecular complexity index is 1030. The van der Waals surface area contributed by atoms with E-state index in [-0.39, 0.29) is 17.8 Å². The molecule has 3 rings (SSSR count). The van der Waals surface area contributed by atoms with Gasteiger partial charge in [0.05, 0.1) is 18.0 Å². The number of nitrogens with one attached hydrogen (secondary N) is 1. The normalized spacial score (nSPS) is 11.9. The molecule has 1 heterocycles. The minimum Gasteiger partial charge on any atom is -0.492 e. The minimum atomic E-state index is -0.279. The van der Waals surface area contributed by atoms with Gasteiger partial charge >= 0.3 is 0 Å². The summed E-state index contributed by atoms with van der Waals surface area (Å²) in [6.07, 6.45) is -0.279. The molecule has 1 amide bonds. The van der Waals surface area contributed by atoms with Crippen LogP contribution in [0.15, 0.2) is 53.7 Å². The maximum Gasteiger partial charge on any atom is 0.234 e. The van der Waals surface area contributed by atoms with Crippen LogP contribution in [0, 0.1) is 0 Å². The highest BCUT2D eigenvalue weighted by molar-refractivity contribution is 7.99. The SMILES string of the molecule is CCOc1ccccc1NC(=O)CSc1nnc(C(C)Oc2ccc(C(C)C)cc2)n1C. The summed E-state index contributed by atoms with van der Waals surface area (Å²) in [6.45, 7) is 8.70. The van der Waals surface area contributed by atoms with Crippen molar-refractivity contribution < 1.29 is 14.3 Å². The first kappa shape index (κ1) is 23.7. The quantitative estimate of drug-likeness (QED) is 0.424. The number of nitrogens with zero attached hydrogens (tertiary/aromatic N) is 3. The van der Waals surface area contributed by atoms with E-state index in [2.05, 4.69) is 41.5 Å². The van der Waals surface area contributed by atoms with Gasteiger partial charge in [0.1, 0.15) is 11.5 Å². The van der Waals surface area contributed by atoms with Gasteiger partial charge < -0.3 is 19.4 Å². The molecule has 1 unspecified atom stereocenters. The van der Waals surface area contributed by atoms with Crippen LogP contribution in [0.3, 0.4) is 0 Å². The third kappa shape index (κ3) is 6.03. The average molecular weight is 455 g/mol. The van der Waals surface area contributed by atoms with Gasteiger partial charge in [-0.25, -0.2) is 0 Å². The number of benzene rings is 2. The van der Waals surface area contributed by atoms with Crippen molar-refractivity contribution in [2.24, 2.45) is 7.05 Å². The third-order valence-electron chi connectivity index (χ3n) is 4.89. The predicted molar refractivity (Wildman–Crippen MR) is 128 cm³/mol. The molecule has 1 aromatic heterocycles. The van der Waals surface area contributed by atoms with Crippen molar-refractivity contribution in [2.75, 3.05) is 17.7 Å². The van der Waals surface area contributed by atoms with E-state index >= 15 is 0 Å². The highest BCUT2D eigenvalue weighted by atomic mass is 32.2. The van der Waals surface area contributed by atoms with Crippen LogP contribution in [0.4, 0.5) is 5.69 Å². The Hall–Kier alpha value is -3.00. The summed E-state index contributed by atoms with van der Waals surface area (Å²) in [4.78, 5) is 12.4. The molecule has 0 radical (unpaired) electrons. The lowest BCUT2D eigenvalue weighted by atomic mass is 10.0. The van der Waals surface area contributed by atoms with Gasteiger partial charge in [-0.15, -0.1) is 10.2 Å². The number of para-hydroxylation sites is 2. The van der Waals surface area contributed by atoms with Crippen LogP contribution in [0.2, 0.25) is 0 Å². The third-order valence-corrected chi connectivity index (χ3v) is 5.91. The van der Waals surface area contributed by atoms with Gasteiger partial charge in [0, 0.05) is 7.05 Å². The van der Waals surface area contributed by atoms with Crippen molar-refractivity contribution in [3.05, 3.63) is 59.9 Å². The number of carbonyl (C=O) groups is 1. The molecule has 0 saturated carbocycles. The Labute approximate surface area is 193 Å². The van der Waals surface area contributed by atoms with Crippen molar-refractivity contribution in [3.8, 4) is 11.5 Å². The van der Waals surface area contributed by atoms with Gasteiger partial charge in [0.15, 0.2) is 17.1 Å². The van der Waals surface area contributed by atoms with Gasteiger partial charge in [-0.3, -0.25) is 4.79 Å². The lowest BCUT2D eigenvalue weighted by Gasteiger charge is -2.15. The van der Waals surface area contributed by atoms with Crippen LogP contribution in [-0.4, -0.2) is 33.0 Å². The second-order valence-electron chi connectivity index (χ2n) is 7.65. The van der Waals surface area contributed by atoms with Gasteiger partial charge in [0.2, 0.25) is 5.91 Å². The fraction of sp³-hybridized carbons (Fsp3) is 0.375. The zero-order valence-corrected chi connectivity index (χ0v) is 20.0. The van der Waals surface area contributed by atoms with Crippen LogP contribution in [0.25, 0.3) is 0 Å². The smallest absolute Gasteiger partial charge is 0.234 e. The fourth-order valence-electron chi connectivity index (χ4n) is 3.16. The number of rotatable bonds is 10. The number of aromatic nitrogens is 3. The largest absolute Gasteiger partial charge is 0.492 e. The molecule has 3 aromatic rings. The van der Waals surface area contributed by atoms with E-state index in [0.717, 1.165) is 5.75 Å². The molecular formula is C24H30N4O3S. The molecule has 170 valence electrons. The van der Waals surface area contributed by atoms with Crippen LogP contribution in [-0.2, 0) is 11.8 Å². The van der Waals surface area contributed by atoms with Crippen LogP contribution >= 0.6 is 11.8 Å². The predicted octanol–water partition coefficient (Wildman–Crippen LogP) is 5.21. The van der Waals surface area contributed by atoms with E-state index in [1.54, 1.807) is 0 Å². The summed E-state index contributed by atoms with van der Waals surface area (Å²) >= 11 is 1.32. The molecule has 8 heteroatoms. The summed E-state index contributed by atoms with van der Waals surface area (Å²) < 4.78 is 13.5. The summed E-state index contributed by atoms with van der Waals surface area (Å²) in [7, 11) is 1.88. The maximum absolute atomic E-state index is 12.4. The standard InChI is InChI=1S/C24H30N4O3S/c1-6-30-21-10-8-7-9-20(21)25-22(29)15-32-24-27-26-23(28(24)5)17(4)31-19-13-11-18(12-14-19)16(2)3/h7-14,16-17H,6,15H2,1-5H3,(H,25,29). The van der Waals surface area contributed by atoms with Crippen molar-refractivity contribution in [1.82, 2.24) is 14.8 Å². The number of anilines is 1. The Balaban J connectivity index is 1.58. The molecule has 0 spiro atoms. The van der Waals surface area contributed by atoms with E-state index in [1.165, 1.54) is 17.3 Å².